The second-order valence-electron chi connectivity index (χ2n) is 6.19. The fourth-order valence-electron chi connectivity index (χ4n) is 2.80. The number of nitrogens with zero attached hydrogens (tertiary/aromatic N) is 1. The molecule has 3 rings (SSSR count). The third kappa shape index (κ3) is 4.92. The Morgan fingerprint density at radius 1 is 1.07 bits per heavy atom. The van der Waals surface area contributed by atoms with Gasteiger partial charge in [-0.2, -0.15) is 0 Å². The van der Waals surface area contributed by atoms with E-state index in [1.165, 1.54) is 36.4 Å². The number of nitro benzene ring substituents is 1. The van der Waals surface area contributed by atoms with E-state index in [0.29, 0.717) is 21.8 Å². The number of halogens is 2. The topological polar surface area (TPSA) is 72.2 Å². The Hall–Kier alpha value is -3.25. The highest BCUT2D eigenvalue weighted by Gasteiger charge is 2.19. The van der Waals surface area contributed by atoms with Crippen molar-refractivity contribution in [1.82, 2.24) is 0 Å². The summed E-state index contributed by atoms with van der Waals surface area (Å²) in [5, 5.41) is 14.7. The second-order valence-corrected chi connectivity index (χ2v) is 6.63. The first-order valence-electron chi connectivity index (χ1n) is 8.47. The van der Waals surface area contributed by atoms with Gasteiger partial charge in [-0.1, -0.05) is 29.8 Å². The summed E-state index contributed by atoms with van der Waals surface area (Å²) in [5.74, 6) is -0.599. The van der Waals surface area contributed by atoms with Crippen molar-refractivity contribution in [2.24, 2.45) is 0 Å². The zero-order valence-corrected chi connectivity index (χ0v) is 15.4. The quantitative estimate of drug-likeness (QED) is 0.309. The molecular weight excluding hydrogens is 383 g/mol. The Balaban J connectivity index is 1.87. The van der Waals surface area contributed by atoms with E-state index in [0.717, 1.165) is 0 Å². The van der Waals surface area contributed by atoms with Gasteiger partial charge in [-0.3, -0.25) is 14.9 Å². The number of hydrogen-bond donors (Lipinski definition) is 1. The summed E-state index contributed by atoms with van der Waals surface area (Å²) in [5.41, 5.74) is 1.78. The van der Waals surface area contributed by atoms with Crippen LogP contribution in [-0.4, -0.2) is 10.7 Å². The molecule has 5 nitrogen and oxygen atoms in total. The first-order valence-corrected chi connectivity index (χ1v) is 8.85. The number of rotatable bonds is 7. The molecule has 0 bridgehead atoms. The van der Waals surface area contributed by atoms with Crippen molar-refractivity contribution < 1.29 is 14.1 Å². The van der Waals surface area contributed by atoms with Crippen LogP contribution >= 0.6 is 11.6 Å². The molecule has 142 valence electrons. The number of anilines is 1. The van der Waals surface area contributed by atoms with E-state index >= 15 is 0 Å². The highest BCUT2D eigenvalue weighted by Crippen LogP contribution is 2.27. The van der Waals surface area contributed by atoms with E-state index in [2.05, 4.69) is 5.32 Å². The summed E-state index contributed by atoms with van der Waals surface area (Å²) in [6, 6.07) is 17.9. The van der Waals surface area contributed by atoms with Gasteiger partial charge < -0.3 is 5.32 Å². The van der Waals surface area contributed by atoms with Crippen molar-refractivity contribution in [3.05, 3.63) is 105 Å². The zero-order valence-electron chi connectivity index (χ0n) is 14.6. The van der Waals surface area contributed by atoms with Crippen LogP contribution in [0.15, 0.2) is 72.8 Å². The lowest BCUT2D eigenvalue weighted by molar-refractivity contribution is -0.384. The maximum Gasteiger partial charge on any atom is 0.269 e. The smallest absolute Gasteiger partial charge is 0.269 e. The normalized spacial score (nSPS) is 11.6. The van der Waals surface area contributed by atoms with E-state index in [1.54, 1.807) is 30.3 Å². The molecule has 0 amide bonds. The molecular formula is C21H16ClFN2O3. The molecule has 3 aromatic carbocycles. The molecule has 1 unspecified atom stereocenters. The van der Waals surface area contributed by atoms with E-state index in [9.17, 15) is 19.3 Å². The molecule has 1 atom stereocenters. The molecule has 0 aliphatic rings. The van der Waals surface area contributed by atoms with Gasteiger partial charge in [0.1, 0.15) is 5.82 Å². The predicted octanol–water partition coefficient (Wildman–Crippen LogP) is 5.81. The first kappa shape index (κ1) is 19.5. The van der Waals surface area contributed by atoms with E-state index in [-0.39, 0.29) is 17.9 Å². The molecule has 0 saturated heterocycles. The van der Waals surface area contributed by atoms with Crippen molar-refractivity contribution in [1.29, 1.82) is 0 Å². The van der Waals surface area contributed by atoms with Crippen LogP contribution in [0.5, 0.6) is 0 Å². The van der Waals surface area contributed by atoms with Gasteiger partial charge in [-0.15, -0.1) is 0 Å². The highest BCUT2D eigenvalue weighted by molar-refractivity contribution is 6.30. The second kappa shape index (κ2) is 8.63. The molecule has 0 fully saturated rings. The van der Waals surface area contributed by atoms with Crippen molar-refractivity contribution in [2.45, 2.75) is 12.5 Å². The van der Waals surface area contributed by atoms with Crippen LogP contribution in [0.2, 0.25) is 5.02 Å². The number of ketones is 1. The largest absolute Gasteiger partial charge is 0.378 e. The molecule has 28 heavy (non-hydrogen) atoms. The zero-order chi connectivity index (χ0) is 20.1. The van der Waals surface area contributed by atoms with Crippen molar-refractivity contribution in [3.63, 3.8) is 0 Å². The van der Waals surface area contributed by atoms with Crippen molar-refractivity contribution in [2.75, 3.05) is 5.32 Å². The predicted molar refractivity (Wildman–Crippen MR) is 106 cm³/mol. The van der Waals surface area contributed by atoms with Gasteiger partial charge in [0.2, 0.25) is 0 Å². The lowest BCUT2D eigenvalue weighted by Crippen LogP contribution is -2.16. The average Bonchev–Trinajstić information content (AvgIpc) is 2.68. The molecule has 0 aliphatic carbocycles. The van der Waals surface area contributed by atoms with Gasteiger partial charge in [-0.25, -0.2) is 4.39 Å². The number of carbonyl (C=O) groups is 1. The minimum atomic E-state index is -0.479. The standard InChI is InChI=1S/C21H16ClFN2O3/c22-16-2-1-3-18(12-16)24-20(14-6-10-19(11-7-14)25(27)28)13-21(26)15-4-8-17(23)9-5-15/h1-12,20,24H,13H2. The van der Waals surface area contributed by atoms with Gasteiger partial charge in [-0.05, 0) is 48.0 Å². The van der Waals surface area contributed by atoms with Gasteiger partial charge in [0.25, 0.3) is 5.69 Å². The molecule has 0 aromatic heterocycles. The third-order valence-corrected chi connectivity index (χ3v) is 4.46. The van der Waals surface area contributed by atoms with Crippen molar-refractivity contribution >= 4 is 28.8 Å². The summed E-state index contributed by atoms with van der Waals surface area (Å²) in [7, 11) is 0. The summed E-state index contributed by atoms with van der Waals surface area (Å²) >= 11 is 6.03. The Kier molecular flexibility index (Phi) is 6.01. The fraction of sp³-hybridized carbons (Fsp3) is 0.0952. The third-order valence-electron chi connectivity index (χ3n) is 4.23. The number of carbonyl (C=O) groups excluding carboxylic acids is 1. The van der Waals surface area contributed by atoms with Gasteiger partial charge in [0.05, 0.1) is 11.0 Å². The molecule has 0 saturated carbocycles. The van der Waals surface area contributed by atoms with Crippen LogP contribution in [0.4, 0.5) is 15.8 Å². The molecule has 1 N–H and O–H groups in total. The van der Waals surface area contributed by atoms with Gasteiger partial charge >= 0.3 is 0 Å². The van der Waals surface area contributed by atoms with Crippen LogP contribution in [0.1, 0.15) is 28.4 Å². The van der Waals surface area contributed by atoms with Gasteiger partial charge in [0, 0.05) is 34.8 Å². The Morgan fingerprint density at radius 3 is 2.36 bits per heavy atom. The van der Waals surface area contributed by atoms with Crippen LogP contribution < -0.4 is 5.32 Å². The van der Waals surface area contributed by atoms with E-state index < -0.39 is 16.8 Å². The molecule has 0 aliphatic heterocycles. The fourth-order valence-corrected chi connectivity index (χ4v) is 2.99. The van der Waals surface area contributed by atoms with Crippen LogP contribution in [-0.2, 0) is 0 Å². The monoisotopic (exact) mass is 398 g/mol. The molecule has 0 heterocycles. The van der Waals surface area contributed by atoms with E-state index in [4.69, 9.17) is 11.6 Å². The summed E-state index contributed by atoms with van der Waals surface area (Å²) in [6.45, 7) is 0. The highest BCUT2D eigenvalue weighted by atomic mass is 35.5. The molecule has 7 heteroatoms. The average molecular weight is 399 g/mol. The maximum absolute atomic E-state index is 13.1. The molecule has 3 aromatic rings. The SMILES string of the molecule is O=C(CC(Nc1cccc(Cl)c1)c1ccc([N+](=O)[O-])cc1)c1ccc(F)cc1. The summed E-state index contributed by atoms with van der Waals surface area (Å²) in [4.78, 5) is 23.1. The number of nitro groups is 1. The van der Waals surface area contributed by atoms with Crippen LogP contribution in [0.3, 0.4) is 0 Å². The number of non-ortho nitro benzene ring substituents is 1. The molecule has 0 radical (unpaired) electrons. The van der Waals surface area contributed by atoms with Crippen LogP contribution in [0.25, 0.3) is 0 Å². The lowest BCUT2D eigenvalue weighted by atomic mass is 9.97. The number of Topliss-reactive ketones (excluding diaryl/α,β-unsaturated/α-hetero) is 1. The Bertz CT molecular complexity index is 991. The van der Waals surface area contributed by atoms with Crippen LogP contribution in [0, 0.1) is 15.9 Å². The maximum atomic E-state index is 13.1. The first-order chi connectivity index (χ1) is 13.4. The van der Waals surface area contributed by atoms with Crippen molar-refractivity contribution in [3.8, 4) is 0 Å². The minimum Gasteiger partial charge on any atom is -0.378 e. The number of benzene rings is 3. The Labute approximate surface area is 165 Å². The summed E-state index contributed by atoms with van der Waals surface area (Å²) in [6.07, 6.45) is 0.0793. The summed E-state index contributed by atoms with van der Waals surface area (Å²) < 4.78 is 13.1. The number of nitrogens with one attached hydrogen (secondary N) is 1. The van der Waals surface area contributed by atoms with E-state index in [1.807, 2.05) is 6.07 Å². The Morgan fingerprint density at radius 2 is 1.75 bits per heavy atom. The lowest BCUT2D eigenvalue weighted by Gasteiger charge is -2.20. The molecule has 0 spiro atoms. The minimum absolute atomic E-state index is 0.0323. The number of hydrogen-bond acceptors (Lipinski definition) is 4. The van der Waals surface area contributed by atoms with Gasteiger partial charge in [0.15, 0.2) is 5.78 Å².